The van der Waals surface area contributed by atoms with E-state index in [1.54, 1.807) is 0 Å². The Balaban J connectivity index is 3.58. The first-order chi connectivity index (χ1) is 8.72. The van der Waals surface area contributed by atoms with Gasteiger partial charge in [0.15, 0.2) is 0 Å². The van der Waals surface area contributed by atoms with Crippen LogP contribution in [0.1, 0.15) is 11.1 Å². The van der Waals surface area contributed by atoms with Crippen LogP contribution < -0.4 is 4.72 Å². The second kappa shape index (κ2) is 5.34. The van der Waals surface area contributed by atoms with Gasteiger partial charge in [-0.25, -0.2) is 8.42 Å². The molecule has 1 N–H and O–H groups in total. The third-order valence-electron chi connectivity index (χ3n) is 2.44. The predicted molar refractivity (Wildman–Crippen MR) is 66.5 cm³/mol. The van der Waals surface area contributed by atoms with Crippen molar-refractivity contribution < 1.29 is 17.7 Å². The Morgan fingerprint density at radius 3 is 2.58 bits per heavy atom. The minimum Gasteiger partial charge on any atom is -0.258 e. The number of rotatable bonds is 4. The molecule has 19 heavy (non-hydrogen) atoms. The molecule has 1 rings (SSSR count). The number of aryl methyl sites for hydroxylation is 1. The number of nitro groups is 1. The van der Waals surface area contributed by atoms with Crippen LogP contribution in [0.4, 0.5) is 10.1 Å². The molecule has 1 aromatic carbocycles. The van der Waals surface area contributed by atoms with Gasteiger partial charge in [0, 0.05) is 0 Å². The van der Waals surface area contributed by atoms with Crippen molar-refractivity contribution in [3.05, 3.63) is 33.1 Å². The van der Waals surface area contributed by atoms with Gasteiger partial charge < -0.3 is 0 Å². The molecule has 0 saturated heterocycles. The average Bonchev–Trinajstić information content (AvgIpc) is 2.24. The first-order valence-electron chi connectivity index (χ1n) is 5.09. The maximum atomic E-state index is 13.5. The van der Waals surface area contributed by atoms with Crippen LogP contribution in [0.5, 0.6) is 0 Å². The van der Waals surface area contributed by atoms with Gasteiger partial charge in [0.25, 0.3) is 0 Å². The van der Waals surface area contributed by atoms with Crippen LogP contribution >= 0.6 is 0 Å². The van der Waals surface area contributed by atoms with Crippen LogP contribution in [0.2, 0.25) is 0 Å². The lowest BCUT2D eigenvalue weighted by molar-refractivity contribution is -0.388. The van der Waals surface area contributed by atoms with Crippen LogP contribution in [0.15, 0.2) is 11.0 Å². The molecule has 0 aromatic heterocycles. The molecule has 0 unspecified atom stereocenters. The Morgan fingerprint density at radius 2 is 2.11 bits per heavy atom. The molecule has 6 nitrogen and oxygen atoms in total. The highest BCUT2D eigenvalue weighted by Crippen LogP contribution is 2.30. The summed E-state index contributed by atoms with van der Waals surface area (Å²) in [7, 11) is -4.02. The summed E-state index contributed by atoms with van der Waals surface area (Å²) in [6.45, 7) is 2.27. The third kappa shape index (κ3) is 2.89. The molecular formula is C11H11FN2O4S. The number of terminal acetylenes is 1. The second-order valence-corrected chi connectivity index (χ2v) is 5.47. The minimum absolute atomic E-state index is 0.0742. The Labute approximate surface area is 109 Å². The van der Waals surface area contributed by atoms with E-state index in [0.29, 0.717) is 0 Å². The van der Waals surface area contributed by atoms with Gasteiger partial charge in [-0.3, -0.25) is 10.1 Å². The molecule has 0 fully saturated rings. The largest absolute Gasteiger partial charge is 0.309 e. The molecular weight excluding hydrogens is 275 g/mol. The van der Waals surface area contributed by atoms with Crippen LogP contribution in [-0.2, 0) is 10.0 Å². The zero-order valence-electron chi connectivity index (χ0n) is 10.2. The fraction of sp³-hybridized carbons (Fsp3) is 0.273. The van der Waals surface area contributed by atoms with Crippen LogP contribution in [-0.4, -0.2) is 19.9 Å². The molecule has 0 radical (unpaired) electrons. The molecule has 102 valence electrons. The molecule has 1 aromatic rings. The summed E-state index contributed by atoms with van der Waals surface area (Å²) in [5.41, 5.74) is -1.04. The summed E-state index contributed by atoms with van der Waals surface area (Å²) in [5.74, 6) is 1.01. The molecule has 0 spiro atoms. The van der Waals surface area contributed by atoms with Gasteiger partial charge >= 0.3 is 5.69 Å². The van der Waals surface area contributed by atoms with Crippen molar-refractivity contribution in [1.82, 2.24) is 4.72 Å². The number of nitrogens with zero attached hydrogens (tertiary/aromatic N) is 1. The molecule has 0 aliphatic heterocycles. The highest BCUT2D eigenvalue weighted by atomic mass is 32.2. The van der Waals surface area contributed by atoms with Gasteiger partial charge in [-0.15, -0.1) is 6.42 Å². The predicted octanol–water partition coefficient (Wildman–Crippen LogP) is 1.26. The van der Waals surface area contributed by atoms with Crippen molar-refractivity contribution in [2.24, 2.45) is 0 Å². The van der Waals surface area contributed by atoms with E-state index < -0.39 is 26.5 Å². The maximum Gasteiger partial charge on any atom is 0.309 e. The first-order valence-corrected chi connectivity index (χ1v) is 6.58. The smallest absolute Gasteiger partial charge is 0.258 e. The normalized spacial score (nSPS) is 11.1. The number of nitro benzene ring substituents is 1. The molecule has 0 amide bonds. The minimum atomic E-state index is -4.02. The quantitative estimate of drug-likeness (QED) is 0.512. The Kier molecular flexibility index (Phi) is 4.24. The molecule has 0 aliphatic carbocycles. The van der Waals surface area contributed by atoms with Gasteiger partial charge in [-0.2, -0.15) is 9.11 Å². The van der Waals surface area contributed by atoms with E-state index in [9.17, 15) is 22.9 Å². The van der Waals surface area contributed by atoms with Crippen molar-refractivity contribution >= 4 is 15.7 Å². The standard InChI is InChI=1S/C11H11FN2O4S/c1-4-5-13-19(17,18)11-7(2)6-9(12)10(8(11)3)14(15)16/h1,6,13H,5H2,2-3H3. The first kappa shape index (κ1) is 15.1. The molecule has 0 bridgehead atoms. The van der Waals surface area contributed by atoms with E-state index in [1.165, 1.54) is 13.8 Å². The highest BCUT2D eigenvalue weighted by molar-refractivity contribution is 7.89. The van der Waals surface area contributed by atoms with Crippen molar-refractivity contribution in [2.75, 3.05) is 6.54 Å². The fourth-order valence-electron chi connectivity index (χ4n) is 1.75. The lowest BCUT2D eigenvalue weighted by Gasteiger charge is -2.11. The number of hydrogen-bond donors (Lipinski definition) is 1. The van der Waals surface area contributed by atoms with Crippen molar-refractivity contribution in [3.63, 3.8) is 0 Å². The Hall–Kier alpha value is -1.98. The number of sulfonamides is 1. The molecule has 0 saturated carbocycles. The maximum absolute atomic E-state index is 13.5. The zero-order chi connectivity index (χ0) is 14.8. The summed E-state index contributed by atoms with van der Waals surface area (Å²) in [5, 5.41) is 10.8. The highest BCUT2D eigenvalue weighted by Gasteiger charge is 2.28. The van der Waals surface area contributed by atoms with Gasteiger partial charge in [-0.05, 0) is 25.5 Å². The number of hydrogen-bond acceptors (Lipinski definition) is 4. The van der Waals surface area contributed by atoms with E-state index in [-0.39, 0.29) is 22.6 Å². The van der Waals surface area contributed by atoms with Crippen LogP contribution in [0.3, 0.4) is 0 Å². The SMILES string of the molecule is C#CCNS(=O)(=O)c1c(C)cc(F)c([N+](=O)[O-])c1C. The van der Waals surface area contributed by atoms with E-state index in [0.717, 1.165) is 6.07 Å². The second-order valence-electron chi connectivity index (χ2n) is 3.76. The topological polar surface area (TPSA) is 89.3 Å². The fourth-order valence-corrected chi connectivity index (χ4v) is 3.15. The molecule has 8 heteroatoms. The molecule has 0 atom stereocenters. The zero-order valence-corrected chi connectivity index (χ0v) is 11.0. The van der Waals surface area contributed by atoms with Gasteiger partial charge in [-0.1, -0.05) is 5.92 Å². The van der Waals surface area contributed by atoms with E-state index >= 15 is 0 Å². The summed E-state index contributed by atoms with van der Waals surface area (Å²) in [6, 6.07) is 0.815. The Morgan fingerprint density at radius 1 is 1.53 bits per heavy atom. The molecule has 0 aliphatic rings. The summed E-state index contributed by atoms with van der Waals surface area (Å²) >= 11 is 0. The Bertz CT molecular complexity index is 677. The number of benzene rings is 1. The summed E-state index contributed by atoms with van der Waals surface area (Å²) in [6.07, 6.45) is 4.95. The van der Waals surface area contributed by atoms with E-state index in [2.05, 4.69) is 10.6 Å². The van der Waals surface area contributed by atoms with Crippen molar-refractivity contribution in [2.45, 2.75) is 18.7 Å². The average molecular weight is 286 g/mol. The molecule has 0 heterocycles. The van der Waals surface area contributed by atoms with E-state index in [1.807, 2.05) is 0 Å². The number of halogens is 1. The monoisotopic (exact) mass is 286 g/mol. The van der Waals surface area contributed by atoms with Gasteiger partial charge in [0.05, 0.1) is 21.9 Å². The van der Waals surface area contributed by atoms with E-state index in [4.69, 9.17) is 6.42 Å². The van der Waals surface area contributed by atoms with Gasteiger partial charge in [0.2, 0.25) is 15.8 Å². The lowest BCUT2D eigenvalue weighted by atomic mass is 10.1. The van der Waals surface area contributed by atoms with Gasteiger partial charge in [0.1, 0.15) is 0 Å². The summed E-state index contributed by atoms with van der Waals surface area (Å²) < 4.78 is 39.5. The van der Waals surface area contributed by atoms with Crippen molar-refractivity contribution in [1.29, 1.82) is 0 Å². The van der Waals surface area contributed by atoms with Crippen LogP contribution in [0, 0.1) is 42.1 Å². The van der Waals surface area contributed by atoms with Crippen molar-refractivity contribution in [3.8, 4) is 12.3 Å². The summed E-state index contributed by atoms with van der Waals surface area (Å²) in [4.78, 5) is 9.49. The number of nitrogens with one attached hydrogen (secondary N) is 1. The third-order valence-corrected chi connectivity index (χ3v) is 4.13. The van der Waals surface area contributed by atoms with Crippen LogP contribution in [0.25, 0.3) is 0 Å². The lowest BCUT2D eigenvalue weighted by Crippen LogP contribution is -2.26.